The topological polar surface area (TPSA) is 0 Å². The molecule has 0 aliphatic rings. The standard InChI is InChI=1S/B93HS/c1-48(2)72(49(3)4)84(73(50(5)6)51(7)8)90(85(74(52(9)10)53(11)12)75(54(13)14)55(15)16)93(91(86(76(56(17)18)57(19)20)77(58(21)22)59(23)24)87(78(60(25)26)61(27)28)79(62(29)30)63(31)32)92(88(80(64(33)34)65(35)36)81(66(37)38)67(39)40)89(82(68(41)42)69(43)44)83(70(45)46)71(47)94/h94H. The Bertz CT molecular complexity index is 1360. The number of thiol groups is 1. The second-order valence-electron chi connectivity index (χ2n) is 26.5. The first-order valence-electron chi connectivity index (χ1n) is 30.9. The highest BCUT2D eigenvalue weighted by Gasteiger charge is 2.68. The van der Waals surface area contributed by atoms with E-state index < -0.39 is 293 Å². The molecule has 94 heavy (non-hydrogen) atoms. The number of rotatable bonds is 45. The average molecular weight is 1040 g/mol. The lowest BCUT2D eigenvalue weighted by atomic mass is 8.19. The smallest absolute Gasteiger partial charge is 0.107 e. The van der Waals surface area contributed by atoms with Crippen LogP contribution in [0.4, 0.5) is 0 Å². The summed E-state index contributed by atoms with van der Waals surface area (Å²) in [5.41, 5.74) is 0. The molecule has 0 atom stereocenters. The predicted molar refractivity (Wildman–Crippen MR) is 544 cm³/mol. The zero-order valence-corrected chi connectivity index (χ0v) is 55.0. The monoisotopic (exact) mass is 1060 g/mol. The van der Waals surface area contributed by atoms with Crippen LogP contribution in [0.5, 0.6) is 0 Å². The largest absolute Gasteiger partial charge is 0.248 e. The van der Waals surface area contributed by atoms with E-state index in [1.54, 1.807) is 0 Å². The molecule has 0 aromatic heterocycles. The van der Waals surface area contributed by atoms with Gasteiger partial charge < -0.3 is 0 Å². The van der Waals surface area contributed by atoms with E-state index in [9.17, 15) is 0 Å². The molecule has 0 aliphatic carbocycles. The molecule has 0 N–H and O–H groups in total. The van der Waals surface area contributed by atoms with E-state index in [4.69, 9.17) is 376 Å². The summed E-state index contributed by atoms with van der Waals surface area (Å²) in [6, 6.07) is 0. The Morgan fingerprint density at radius 3 is 0.191 bits per heavy atom. The van der Waals surface area contributed by atoms with Gasteiger partial charge >= 0.3 is 0 Å². The van der Waals surface area contributed by atoms with E-state index in [-0.39, 0.29) is 0 Å². The zero-order chi connectivity index (χ0) is 74.6. The maximum Gasteiger partial charge on any atom is 0.107 e. The first-order valence-corrected chi connectivity index (χ1v) is 31.4. The van der Waals surface area contributed by atoms with Crippen LogP contribution in [0.1, 0.15) is 0 Å². The lowest BCUT2D eigenvalue weighted by molar-refractivity contribution is 3.13. The summed E-state index contributed by atoms with van der Waals surface area (Å²) < 4.78 is 0. The Labute approximate surface area is 662 Å². The van der Waals surface area contributed by atoms with Crippen LogP contribution in [-0.4, -0.2) is 657 Å². The van der Waals surface area contributed by atoms with Crippen molar-refractivity contribution in [2.45, 2.75) is 0 Å². The fourth-order valence-electron chi connectivity index (χ4n) is 16.9. The van der Waals surface area contributed by atoms with Crippen LogP contribution in [0.2, 0.25) is 0 Å². The van der Waals surface area contributed by atoms with E-state index >= 15 is 0 Å². The molecular formula is HB93S. The van der Waals surface area contributed by atoms with Crippen molar-refractivity contribution < 1.29 is 0 Å². The second kappa shape index (κ2) is 46.1. The van der Waals surface area contributed by atoms with Gasteiger partial charge in [-0.25, -0.2) is 12.5 Å². The van der Waals surface area contributed by atoms with Gasteiger partial charge in [0.15, 0.2) is 0 Å². The number of hydrogen-bond acceptors (Lipinski definition) is 1. The van der Waals surface area contributed by atoms with Crippen LogP contribution in [0.15, 0.2) is 0 Å². The molecule has 0 saturated heterocycles. The Kier molecular flexibility index (Phi) is 49.3. The molecule has 0 amide bonds. The quantitative estimate of drug-likeness (QED) is 0.0456. The molecule has 0 unspecified atom stereocenters. The van der Waals surface area contributed by atoms with E-state index in [0.717, 1.165) is 0 Å². The maximum atomic E-state index is 7.13. The highest BCUT2D eigenvalue weighted by atomic mass is 32.1. The van der Waals surface area contributed by atoms with E-state index in [1.807, 2.05) is 0 Å². The minimum absolute atomic E-state index is 1.62. The molecule has 0 aliphatic heterocycles. The van der Waals surface area contributed by atoms with Gasteiger partial charge in [0.25, 0.3) is 0 Å². The SMILES string of the molecule is [B]B([B])B(B([B])[B])B(B(B([B])[B])B([B])[B])B(B(B(B([B])[B])B([B])[B])B(B([B])[B])B([B])[B])B(B(B(B(B([B])[B])B([B])[B])B(B([B])[B])B([B])[B])B(B(B([B])[B])B([B])[B])B(B([B])[B])B([B])[B])B(B(B(B([B])[B])B([B])[B])B(B([B])[B])B([B])[B])B(B(B([B])[B])B([B])[B])B(B([B])[B])B([B])S. The third kappa shape index (κ3) is 26.9. The third-order valence-electron chi connectivity index (χ3n) is 19.9. The van der Waals surface area contributed by atoms with Crippen molar-refractivity contribution in [3.05, 3.63) is 0 Å². The van der Waals surface area contributed by atoms with Gasteiger partial charge in [0, 0.05) is 651 Å². The molecule has 0 saturated carbocycles. The molecular weight excluding hydrogens is 1040 g/mol. The van der Waals surface area contributed by atoms with Gasteiger partial charge in [0.1, 0.15) is 5.77 Å². The van der Waals surface area contributed by atoms with Crippen molar-refractivity contribution >= 4 is 669 Å². The molecule has 94 radical (unpaired) electrons. The fourth-order valence-corrected chi connectivity index (χ4v) is 17.3. The molecule has 0 aromatic rings. The summed E-state index contributed by atoms with van der Waals surface area (Å²) in [4.78, 5) is 0. The van der Waals surface area contributed by atoms with Crippen LogP contribution in [0, 0.1) is 0 Å². The van der Waals surface area contributed by atoms with Crippen molar-refractivity contribution in [1.29, 1.82) is 0 Å². The van der Waals surface area contributed by atoms with Gasteiger partial charge in [0.2, 0.25) is 0 Å². The fraction of sp³-hybridized carbons (Fsp3) is 0. The van der Waals surface area contributed by atoms with Crippen molar-refractivity contribution in [2.75, 3.05) is 0 Å². The average Bonchev–Trinajstić information content (AvgIpc) is 3.33. The van der Waals surface area contributed by atoms with E-state index in [2.05, 4.69) is 0 Å². The second-order valence-corrected chi connectivity index (χ2v) is 27.1. The first-order chi connectivity index (χ1) is 42.7. The summed E-state index contributed by atoms with van der Waals surface area (Å²) in [5, 5.41) is 0. The zero-order valence-electron chi connectivity index (χ0n) is 54.1. The summed E-state index contributed by atoms with van der Waals surface area (Å²) in [5.74, 6) is -1.62. The van der Waals surface area contributed by atoms with Crippen LogP contribution >= 0.6 is 12.5 Å². The Morgan fingerprint density at radius 1 is 0.0851 bits per heavy atom. The molecule has 0 fully saturated rings. The van der Waals surface area contributed by atoms with Gasteiger partial charge in [-0.15, -0.1) is 0 Å². The van der Waals surface area contributed by atoms with Gasteiger partial charge in [0.05, 0.1) is 0 Å². The summed E-state index contributed by atoms with van der Waals surface area (Å²) >= 11 is 4.89. The van der Waals surface area contributed by atoms with E-state index in [1.165, 1.54) is 0 Å². The molecule has 94 heteroatoms. The molecule has 0 spiro atoms. The van der Waals surface area contributed by atoms with Gasteiger partial charge in [-0.05, 0) is 0 Å². The van der Waals surface area contributed by atoms with Crippen LogP contribution in [0.25, 0.3) is 0 Å². The summed E-state index contributed by atoms with van der Waals surface area (Å²) in [6.07, 6.45) is -82.4. The lowest BCUT2D eigenvalue weighted by Crippen LogP contribution is -3.01. The molecule has 0 bridgehead atoms. The van der Waals surface area contributed by atoms with Crippen molar-refractivity contribution in [3.63, 3.8) is 0 Å². The minimum atomic E-state index is -2.20. The Morgan fingerprint density at radius 2 is 0.138 bits per heavy atom. The third-order valence-corrected chi connectivity index (χ3v) is 20.3. The first kappa shape index (κ1) is 100. The number of hydrogen-bond donors (Lipinski definition) is 1. The minimum Gasteiger partial charge on any atom is -0.248 e. The van der Waals surface area contributed by atoms with Crippen LogP contribution in [0.3, 0.4) is 0 Å². The van der Waals surface area contributed by atoms with E-state index in [0.29, 0.717) is 0 Å². The lowest BCUT2D eigenvalue weighted by Gasteiger charge is -2.63. The van der Waals surface area contributed by atoms with Crippen molar-refractivity contribution in [2.24, 2.45) is 0 Å². The highest BCUT2D eigenvalue weighted by Crippen LogP contribution is 2.30. The summed E-state index contributed by atoms with van der Waals surface area (Å²) in [6.45, 7) is 0. The molecule has 286 valence electrons. The van der Waals surface area contributed by atoms with Crippen LogP contribution in [-0.2, 0) is 0 Å². The summed E-state index contributed by atoms with van der Waals surface area (Å²) in [7, 11) is 332. The maximum absolute atomic E-state index is 7.13. The van der Waals surface area contributed by atoms with Crippen LogP contribution < -0.4 is 0 Å². The van der Waals surface area contributed by atoms with Crippen molar-refractivity contribution in [1.82, 2.24) is 0 Å². The highest BCUT2D eigenvalue weighted by molar-refractivity contribution is 8.45. The normalized spacial score (nSPS) is 9.84. The van der Waals surface area contributed by atoms with Gasteiger partial charge in [-0.3, -0.25) is 0 Å². The molecule has 0 aromatic carbocycles. The predicted octanol–water partition coefficient (Wildman–Crippen LogP) is -35.0. The van der Waals surface area contributed by atoms with Gasteiger partial charge in [-0.1, -0.05) is 0 Å². The molecule has 0 rings (SSSR count). The Hall–Kier alpha value is 6.39. The molecule has 0 heterocycles. The van der Waals surface area contributed by atoms with Gasteiger partial charge in [-0.2, -0.15) is 0 Å². The van der Waals surface area contributed by atoms with Crippen molar-refractivity contribution in [3.8, 4) is 0 Å². The Balaban J connectivity index is 14.2. The molecule has 0 nitrogen and oxygen atoms in total.